The standard InChI is InChI=1S/C17H34N2O2/c1-6-11-18-17(4,16(20)21-7-2)12-14(3)19(5)13-15-9-8-10-15/h14-15,18H,6-13H2,1-5H3. The molecule has 1 rings (SSSR count). The molecule has 0 spiro atoms. The van der Waals surface area contributed by atoms with Crippen LogP contribution in [-0.2, 0) is 9.53 Å². The lowest BCUT2D eigenvalue weighted by Crippen LogP contribution is -2.54. The van der Waals surface area contributed by atoms with Gasteiger partial charge in [-0.05, 0) is 66.0 Å². The summed E-state index contributed by atoms with van der Waals surface area (Å²) in [6, 6.07) is 0.365. The van der Waals surface area contributed by atoms with E-state index in [2.05, 4.69) is 31.1 Å². The molecule has 0 aromatic heterocycles. The molecule has 0 bridgehead atoms. The van der Waals surface area contributed by atoms with Crippen molar-refractivity contribution in [2.45, 2.75) is 71.4 Å². The van der Waals surface area contributed by atoms with E-state index in [9.17, 15) is 4.79 Å². The van der Waals surface area contributed by atoms with Gasteiger partial charge in [0.05, 0.1) is 6.61 Å². The number of ether oxygens (including phenoxy) is 1. The van der Waals surface area contributed by atoms with E-state index in [1.807, 2.05) is 13.8 Å². The van der Waals surface area contributed by atoms with Crippen LogP contribution >= 0.6 is 0 Å². The molecule has 1 N–H and O–H groups in total. The normalized spacial score (nSPS) is 19.9. The highest BCUT2D eigenvalue weighted by Gasteiger charge is 2.36. The molecule has 4 nitrogen and oxygen atoms in total. The highest BCUT2D eigenvalue weighted by atomic mass is 16.5. The molecule has 0 saturated heterocycles. The summed E-state index contributed by atoms with van der Waals surface area (Å²) in [6.45, 7) is 10.6. The molecule has 0 aliphatic heterocycles. The summed E-state index contributed by atoms with van der Waals surface area (Å²) in [5.74, 6) is 0.734. The lowest BCUT2D eigenvalue weighted by molar-refractivity contribution is -0.151. The van der Waals surface area contributed by atoms with Crippen molar-refractivity contribution in [2.75, 3.05) is 26.7 Å². The van der Waals surface area contributed by atoms with Crippen molar-refractivity contribution in [3.8, 4) is 0 Å². The van der Waals surface area contributed by atoms with E-state index >= 15 is 0 Å². The fourth-order valence-electron chi connectivity index (χ4n) is 2.93. The van der Waals surface area contributed by atoms with Gasteiger partial charge in [0.15, 0.2) is 0 Å². The van der Waals surface area contributed by atoms with E-state index in [-0.39, 0.29) is 5.97 Å². The van der Waals surface area contributed by atoms with Crippen molar-refractivity contribution in [1.29, 1.82) is 0 Å². The van der Waals surface area contributed by atoms with Crippen LogP contribution in [-0.4, -0.2) is 49.2 Å². The van der Waals surface area contributed by atoms with Crippen molar-refractivity contribution in [3.63, 3.8) is 0 Å². The summed E-state index contributed by atoms with van der Waals surface area (Å²) in [6.07, 6.45) is 5.91. The van der Waals surface area contributed by atoms with E-state index in [1.54, 1.807) is 0 Å². The number of carbonyl (C=O) groups is 1. The molecular weight excluding hydrogens is 264 g/mol. The lowest BCUT2D eigenvalue weighted by atomic mass is 9.84. The third kappa shape index (κ3) is 5.59. The molecule has 2 atom stereocenters. The van der Waals surface area contributed by atoms with Gasteiger partial charge in [-0.1, -0.05) is 13.3 Å². The molecule has 1 aliphatic rings. The summed E-state index contributed by atoms with van der Waals surface area (Å²) >= 11 is 0. The fraction of sp³-hybridized carbons (Fsp3) is 0.941. The van der Waals surface area contributed by atoms with Crippen LogP contribution in [0.3, 0.4) is 0 Å². The first-order valence-electron chi connectivity index (χ1n) is 8.55. The Morgan fingerprint density at radius 3 is 2.57 bits per heavy atom. The van der Waals surface area contributed by atoms with Crippen LogP contribution in [0.4, 0.5) is 0 Å². The highest BCUT2D eigenvalue weighted by molar-refractivity contribution is 5.80. The van der Waals surface area contributed by atoms with Gasteiger partial charge in [0.25, 0.3) is 0 Å². The molecule has 2 unspecified atom stereocenters. The molecular formula is C17H34N2O2. The van der Waals surface area contributed by atoms with Gasteiger partial charge in [-0.15, -0.1) is 0 Å². The van der Waals surface area contributed by atoms with Crippen LogP contribution in [0, 0.1) is 5.92 Å². The monoisotopic (exact) mass is 298 g/mol. The zero-order chi connectivity index (χ0) is 15.9. The van der Waals surface area contributed by atoms with Gasteiger partial charge >= 0.3 is 5.97 Å². The Kier molecular flexibility index (Phi) is 7.67. The number of nitrogens with one attached hydrogen (secondary N) is 1. The third-order valence-electron chi connectivity index (χ3n) is 4.72. The second-order valence-corrected chi connectivity index (χ2v) is 6.77. The van der Waals surface area contributed by atoms with Crippen molar-refractivity contribution in [2.24, 2.45) is 5.92 Å². The minimum Gasteiger partial charge on any atom is -0.465 e. The van der Waals surface area contributed by atoms with Crippen LogP contribution in [0.15, 0.2) is 0 Å². The summed E-state index contributed by atoms with van der Waals surface area (Å²) in [7, 11) is 2.17. The molecule has 21 heavy (non-hydrogen) atoms. The Hall–Kier alpha value is -0.610. The number of hydrogen-bond acceptors (Lipinski definition) is 4. The number of nitrogens with zero attached hydrogens (tertiary/aromatic N) is 1. The molecule has 0 heterocycles. The first kappa shape index (κ1) is 18.4. The van der Waals surface area contributed by atoms with Gasteiger partial charge in [-0.25, -0.2) is 0 Å². The van der Waals surface area contributed by atoms with Crippen LogP contribution in [0.2, 0.25) is 0 Å². The summed E-state index contributed by atoms with van der Waals surface area (Å²) in [5.41, 5.74) is -0.584. The fourth-order valence-corrected chi connectivity index (χ4v) is 2.93. The molecule has 124 valence electrons. The largest absolute Gasteiger partial charge is 0.465 e. The van der Waals surface area contributed by atoms with Crippen LogP contribution in [0.1, 0.15) is 59.8 Å². The zero-order valence-electron chi connectivity index (χ0n) is 14.6. The van der Waals surface area contributed by atoms with Crippen molar-refractivity contribution in [3.05, 3.63) is 0 Å². The molecule has 0 aromatic carbocycles. The van der Waals surface area contributed by atoms with E-state index in [0.717, 1.165) is 31.8 Å². The Bertz CT molecular complexity index is 318. The zero-order valence-corrected chi connectivity index (χ0v) is 14.6. The maximum Gasteiger partial charge on any atom is 0.326 e. The van der Waals surface area contributed by atoms with Crippen molar-refractivity contribution in [1.82, 2.24) is 10.2 Å². The quantitative estimate of drug-likeness (QED) is 0.630. The molecule has 1 saturated carbocycles. The average Bonchev–Trinajstić information content (AvgIpc) is 2.40. The van der Waals surface area contributed by atoms with Gasteiger partial charge in [0.1, 0.15) is 5.54 Å². The van der Waals surface area contributed by atoms with Crippen molar-refractivity contribution < 1.29 is 9.53 Å². The summed E-state index contributed by atoms with van der Waals surface area (Å²) in [5, 5.41) is 3.40. The minimum absolute atomic E-state index is 0.123. The first-order chi connectivity index (χ1) is 9.92. The molecule has 4 heteroatoms. The minimum atomic E-state index is -0.584. The number of hydrogen-bond donors (Lipinski definition) is 1. The average molecular weight is 298 g/mol. The first-order valence-corrected chi connectivity index (χ1v) is 8.55. The number of esters is 1. The topological polar surface area (TPSA) is 41.6 Å². The van der Waals surface area contributed by atoms with E-state index in [1.165, 1.54) is 19.3 Å². The van der Waals surface area contributed by atoms with Gasteiger partial charge < -0.3 is 15.0 Å². The maximum atomic E-state index is 12.3. The molecule has 1 aliphatic carbocycles. The van der Waals surface area contributed by atoms with Gasteiger partial charge in [-0.2, -0.15) is 0 Å². The van der Waals surface area contributed by atoms with Gasteiger partial charge in [-0.3, -0.25) is 4.79 Å². The number of rotatable bonds is 10. The maximum absolute atomic E-state index is 12.3. The molecule has 1 fully saturated rings. The summed E-state index contributed by atoms with van der Waals surface area (Å²) < 4.78 is 5.28. The second-order valence-electron chi connectivity index (χ2n) is 6.77. The smallest absolute Gasteiger partial charge is 0.326 e. The van der Waals surface area contributed by atoms with Gasteiger partial charge in [0.2, 0.25) is 0 Å². The predicted molar refractivity (Wildman–Crippen MR) is 87.4 cm³/mol. The van der Waals surface area contributed by atoms with Crippen LogP contribution < -0.4 is 5.32 Å². The van der Waals surface area contributed by atoms with E-state index in [4.69, 9.17) is 4.74 Å². The van der Waals surface area contributed by atoms with Crippen LogP contribution in [0.25, 0.3) is 0 Å². The Labute approximate surface area is 130 Å². The van der Waals surface area contributed by atoms with Crippen molar-refractivity contribution >= 4 is 5.97 Å². The Morgan fingerprint density at radius 2 is 2.10 bits per heavy atom. The predicted octanol–water partition coefficient (Wildman–Crippen LogP) is 2.82. The molecule has 0 radical (unpaired) electrons. The second kappa shape index (κ2) is 8.74. The highest BCUT2D eigenvalue weighted by Crippen LogP contribution is 2.28. The molecule has 0 amide bonds. The third-order valence-corrected chi connectivity index (χ3v) is 4.72. The lowest BCUT2D eigenvalue weighted by Gasteiger charge is -2.37. The SMILES string of the molecule is CCCNC(C)(CC(C)N(C)CC1CCC1)C(=O)OCC. The van der Waals surface area contributed by atoms with Gasteiger partial charge in [0, 0.05) is 12.6 Å². The summed E-state index contributed by atoms with van der Waals surface area (Å²) in [4.78, 5) is 14.7. The van der Waals surface area contributed by atoms with E-state index < -0.39 is 5.54 Å². The number of carbonyl (C=O) groups excluding carboxylic acids is 1. The Morgan fingerprint density at radius 1 is 1.43 bits per heavy atom. The Balaban J connectivity index is 2.58. The molecule has 0 aromatic rings. The van der Waals surface area contributed by atoms with E-state index in [0.29, 0.717) is 12.6 Å². The van der Waals surface area contributed by atoms with Crippen LogP contribution in [0.5, 0.6) is 0 Å².